The minimum atomic E-state index is -0.314. The van der Waals surface area contributed by atoms with Crippen LogP contribution in [0.5, 0.6) is 0 Å². The Hall–Kier alpha value is -0.778. The summed E-state index contributed by atoms with van der Waals surface area (Å²) >= 11 is 0. The fraction of sp³-hybridized carbons (Fsp3) is 0.591. The first kappa shape index (κ1) is 26.5. The van der Waals surface area contributed by atoms with Crippen molar-refractivity contribution >= 4 is 5.97 Å². The number of rotatable bonds is 9. The summed E-state index contributed by atoms with van der Waals surface area (Å²) in [6.45, 7) is 12.3. The molecule has 0 fully saturated rings. The number of unbranched alkanes of at least 4 members (excludes halogenated alkanes) is 1. The number of hydrogen-bond acceptors (Lipinski definition) is 2. The van der Waals surface area contributed by atoms with E-state index in [2.05, 4.69) is 71.4 Å². The van der Waals surface area contributed by atoms with Crippen LogP contribution in [-0.2, 0) is 33.3 Å². The van der Waals surface area contributed by atoms with Crippen molar-refractivity contribution < 1.29 is 26.9 Å². The van der Waals surface area contributed by atoms with Crippen molar-refractivity contribution in [1.82, 2.24) is 0 Å². The van der Waals surface area contributed by atoms with Crippen LogP contribution in [0, 0.1) is 24.7 Å². The second-order valence-electron chi connectivity index (χ2n) is 6.14. The first-order chi connectivity index (χ1) is 11.6. The van der Waals surface area contributed by atoms with Crippen LogP contribution in [0.15, 0.2) is 30.3 Å². The maximum Gasteiger partial charge on any atom is 2.00 e. The maximum absolute atomic E-state index is 11.8. The molecule has 142 valence electrons. The molecule has 0 heterocycles. The van der Waals surface area contributed by atoms with Crippen molar-refractivity contribution in [2.45, 2.75) is 66.2 Å². The maximum atomic E-state index is 11.8. The normalized spacial score (nSPS) is 11.6. The summed E-state index contributed by atoms with van der Waals surface area (Å²) in [5, 5.41) is 0. The molecule has 1 unspecified atom stereocenters. The number of methoxy groups -OCH3 is 1. The van der Waals surface area contributed by atoms with E-state index in [0.717, 1.165) is 38.5 Å². The van der Waals surface area contributed by atoms with Crippen LogP contribution in [0.2, 0.25) is 0 Å². The average Bonchev–Trinajstić information content (AvgIpc) is 2.65. The first-order valence-electron chi connectivity index (χ1n) is 9.29. The second-order valence-corrected chi connectivity index (χ2v) is 6.14. The van der Waals surface area contributed by atoms with Crippen molar-refractivity contribution in [2.75, 3.05) is 7.11 Å². The van der Waals surface area contributed by atoms with Gasteiger partial charge < -0.3 is 18.1 Å². The summed E-state index contributed by atoms with van der Waals surface area (Å²) in [4.78, 5) is 11.8. The van der Waals surface area contributed by atoms with E-state index in [4.69, 9.17) is 4.74 Å². The number of carbonyl (C=O) groups is 1. The molecular weight excluding hydrogens is 348 g/mol. The SMILES string of the molecule is CC[CH-]Cc1ccccc1.[CH2-]CC(CC)C(CC)(CC)C(=O)OC.[Cr+2]. The van der Waals surface area contributed by atoms with Gasteiger partial charge in [-0.15, -0.1) is 0 Å². The van der Waals surface area contributed by atoms with Crippen molar-refractivity contribution in [3.8, 4) is 0 Å². The fourth-order valence-electron chi connectivity index (χ4n) is 3.28. The van der Waals surface area contributed by atoms with Gasteiger partial charge in [0.05, 0.1) is 12.5 Å². The van der Waals surface area contributed by atoms with Crippen LogP contribution < -0.4 is 0 Å². The van der Waals surface area contributed by atoms with E-state index >= 15 is 0 Å². The summed E-state index contributed by atoms with van der Waals surface area (Å²) in [5.74, 6) is 0.267. The largest absolute Gasteiger partial charge is 2.00 e. The van der Waals surface area contributed by atoms with Gasteiger partial charge in [-0.2, -0.15) is 19.3 Å². The molecule has 0 aliphatic heterocycles. The van der Waals surface area contributed by atoms with Gasteiger partial charge >= 0.3 is 23.3 Å². The molecule has 0 spiro atoms. The van der Waals surface area contributed by atoms with E-state index in [1.165, 1.54) is 12.7 Å². The smallest absolute Gasteiger partial charge is 0.469 e. The number of ether oxygens (including phenoxy) is 1. The van der Waals surface area contributed by atoms with Gasteiger partial charge in [0.2, 0.25) is 0 Å². The number of hydrogen-bond donors (Lipinski definition) is 0. The molecule has 0 saturated carbocycles. The number of esters is 1. The van der Waals surface area contributed by atoms with Gasteiger partial charge in [0.15, 0.2) is 0 Å². The molecule has 0 aliphatic carbocycles. The van der Waals surface area contributed by atoms with Crippen LogP contribution in [0.1, 0.15) is 65.4 Å². The van der Waals surface area contributed by atoms with Gasteiger partial charge in [0.25, 0.3) is 0 Å². The van der Waals surface area contributed by atoms with E-state index in [0.29, 0.717) is 5.92 Å². The molecule has 1 aromatic rings. The minimum Gasteiger partial charge on any atom is -0.469 e. The Morgan fingerprint density at radius 1 is 1.16 bits per heavy atom. The number of benzene rings is 1. The summed E-state index contributed by atoms with van der Waals surface area (Å²) in [7, 11) is 1.47. The third-order valence-corrected chi connectivity index (χ3v) is 4.99. The molecule has 1 atom stereocenters. The van der Waals surface area contributed by atoms with Crippen LogP contribution in [0.25, 0.3) is 0 Å². The average molecular weight is 385 g/mol. The second kappa shape index (κ2) is 15.5. The molecule has 0 aliphatic rings. The summed E-state index contributed by atoms with van der Waals surface area (Å²) in [6, 6.07) is 10.5. The van der Waals surface area contributed by atoms with Crippen LogP contribution in [0.3, 0.4) is 0 Å². The zero-order valence-corrected chi connectivity index (χ0v) is 18.0. The molecule has 25 heavy (non-hydrogen) atoms. The van der Waals surface area contributed by atoms with E-state index in [9.17, 15) is 4.79 Å². The molecule has 0 bridgehead atoms. The van der Waals surface area contributed by atoms with Gasteiger partial charge in [0, 0.05) is 0 Å². The molecule has 0 amide bonds. The Bertz CT molecular complexity index is 423. The molecule has 1 rings (SSSR count). The standard InChI is InChI=1S/C12H23O2.C10H13.Cr/c1-6-10(7-2)12(8-3,9-4)11(13)14-5;1-2-3-7-10-8-5-4-6-9-10;/h10H,1,6-9H2,2-5H3;3-6,8-9H,2,7H2,1H3;/q2*-1;+2. The van der Waals surface area contributed by atoms with E-state index < -0.39 is 0 Å². The fourth-order valence-corrected chi connectivity index (χ4v) is 3.28. The molecule has 0 radical (unpaired) electrons. The molecule has 1 aromatic carbocycles. The Balaban J connectivity index is 0. The van der Waals surface area contributed by atoms with Crippen molar-refractivity contribution in [1.29, 1.82) is 0 Å². The summed E-state index contributed by atoms with van der Waals surface area (Å²) < 4.78 is 4.92. The summed E-state index contributed by atoms with van der Waals surface area (Å²) in [6.07, 6.45) is 8.02. The van der Waals surface area contributed by atoms with Crippen molar-refractivity contribution in [3.63, 3.8) is 0 Å². The molecule has 0 aromatic heterocycles. The van der Waals surface area contributed by atoms with Crippen molar-refractivity contribution in [3.05, 3.63) is 49.2 Å². The molecule has 2 nitrogen and oxygen atoms in total. The Kier molecular flexibility index (Phi) is 16.4. The van der Waals surface area contributed by atoms with Crippen LogP contribution in [0.4, 0.5) is 0 Å². The Labute approximate surface area is 166 Å². The Morgan fingerprint density at radius 3 is 2.08 bits per heavy atom. The molecule has 0 N–H and O–H groups in total. The van der Waals surface area contributed by atoms with Gasteiger partial charge in [0.1, 0.15) is 0 Å². The molecule has 0 saturated heterocycles. The minimum absolute atomic E-state index is 0. The van der Waals surface area contributed by atoms with E-state index in [-0.39, 0.29) is 28.7 Å². The molecular formula is C22H36CrO2. The van der Waals surface area contributed by atoms with Gasteiger partial charge in [-0.25, -0.2) is 0 Å². The van der Waals surface area contributed by atoms with E-state index in [1.807, 2.05) is 0 Å². The molecule has 3 heteroatoms. The summed E-state index contributed by atoms with van der Waals surface area (Å²) in [5.41, 5.74) is 1.09. The van der Waals surface area contributed by atoms with E-state index in [1.54, 1.807) is 0 Å². The van der Waals surface area contributed by atoms with Crippen LogP contribution in [-0.4, -0.2) is 13.1 Å². The zero-order valence-electron chi connectivity index (χ0n) is 16.7. The Morgan fingerprint density at radius 2 is 1.72 bits per heavy atom. The topological polar surface area (TPSA) is 26.3 Å². The predicted octanol–water partition coefficient (Wildman–Crippen LogP) is 6.06. The van der Waals surface area contributed by atoms with Crippen LogP contribution >= 0.6 is 0 Å². The predicted molar refractivity (Wildman–Crippen MR) is 104 cm³/mol. The number of carbonyl (C=O) groups excluding carboxylic acids is 1. The first-order valence-corrected chi connectivity index (χ1v) is 9.29. The van der Waals surface area contributed by atoms with Gasteiger partial charge in [-0.05, 0) is 12.8 Å². The van der Waals surface area contributed by atoms with Gasteiger partial charge in [-0.3, -0.25) is 4.79 Å². The zero-order chi connectivity index (χ0) is 18.4. The monoisotopic (exact) mass is 384 g/mol. The van der Waals surface area contributed by atoms with Crippen molar-refractivity contribution in [2.24, 2.45) is 11.3 Å². The third-order valence-electron chi connectivity index (χ3n) is 4.99. The van der Waals surface area contributed by atoms with Gasteiger partial charge in [-0.1, -0.05) is 75.9 Å². The third kappa shape index (κ3) is 8.43. The quantitative estimate of drug-likeness (QED) is 0.382.